The molecule has 3 heterocycles. The standard InChI is InChI=1S/C17H23N3O2/c21-16-17(19-15-6-2-1-5-14(15)18-16)7-9-20(10-8-17)13-4-3-11-22-12-13/h1-2,5-6,13,19H,3-4,7-12H2,(H,18,21). The Morgan fingerprint density at radius 2 is 1.95 bits per heavy atom. The molecule has 3 aliphatic heterocycles. The van der Waals surface area contributed by atoms with Gasteiger partial charge in [0.2, 0.25) is 5.91 Å². The Morgan fingerprint density at radius 1 is 1.18 bits per heavy atom. The minimum atomic E-state index is -0.444. The molecule has 0 saturated carbocycles. The number of para-hydroxylation sites is 2. The zero-order valence-electron chi connectivity index (χ0n) is 12.8. The van der Waals surface area contributed by atoms with Gasteiger partial charge in [-0.25, -0.2) is 0 Å². The van der Waals surface area contributed by atoms with Gasteiger partial charge in [-0.1, -0.05) is 12.1 Å². The van der Waals surface area contributed by atoms with Crippen molar-refractivity contribution in [1.29, 1.82) is 0 Å². The molecule has 0 bridgehead atoms. The normalized spacial score (nSPS) is 27.8. The van der Waals surface area contributed by atoms with Gasteiger partial charge in [-0.15, -0.1) is 0 Å². The van der Waals surface area contributed by atoms with Crippen molar-refractivity contribution in [2.75, 3.05) is 36.9 Å². The van der Waals surface area contributed by atoms with Gasteiger partial charge >= 0.3 is 0 Å². The lowest BCUT2D eigenvalue weighted by molar-refractivity contribution is -0.122. The van der Waals surface area contributed by atoms with E-state index in [9.17, 15) is 4.79 Å². The van der Waals surface area contributed by atoms with Crippen LogP contribution in [0.1, 0.15) is 25.7 Å². The summed E-state index contributed by atoms with van der Waals surface area (Å²) in [6, 6.07) is 8.47. The minimum absolute atomic E-state index is 0.116. The number of hydrogen-bond donors (Lipinski definition) is 2. The number of carbonyl (C=O) groups is 1. The number of nitrogens with zero attached hydrogens (tertiary/aromatic N) is 1. The molecule has 118 valence electrons. The Bertz CT molecular complexity index is 561. The van der Waals surface area contributed by atoms with Gasteiger partial charge in [0.05, 0.1) is 18.0 Å². The summed E-state index contributed by atoms with van der Waals surface area (Å²) in [5.41, 5.74) is 1.48. The molecule has 1 atom stereocenters. The Morgan fingerprint density at radius 3 is 2.68 bits per heavy atom. The molecular weight excluding hydrogens is 278 g/mol. The fourth-order valence-corrected chi connectivity index (χ4v) is 3.89. The van der Waals surface area contributed by atoms with Gasteiger partial charge in [-0.2, -0.15) is 0 Å². The summed E-state index contributed by atoms with van der Waals surface area (Å²) in [5, 5.41) is 6.59. The SMILES string of the molecule is O=C1Nc2ccccc2NC12CCN(C1CCCOC1)CC2. The van der Waals surface area contributed by atoms with Crippen LogP contribution in [0.5, 0.6) is 0 Å². The maximum atomic E-state index is 12.6. The number of fused-ring (bicyclic) bond motifs is 1. The molecule has 1 spiro atoms. The summed E-state index contributed by atoms with van der Waals surface area (Å²) in [5.74, 6) is 0.116. The van der Waals surface area contributed by atoms with Crippen molar-refractivity contribution < 1.29 is 9.53 Å². The first kappa shape index (κ1) is 14.0. The first-order chi connectivity index (χ1) is 10.8. The average Bonchev–Trinajstić information content (AvgIpc) is 2.57. The van der Waals surface area contributed by atoms with Gasteiger partial charge in [-0.3, -0.25) is 9.69 Å². The van der Waals surface area contributed by atoms with Crippen LogP contribution in [0.4, 0.5) is 11.4 Å². The summed E-state index contributed by atoms with van der Waals surface area (Å²) in [7, 11) is 0. The molecule has 0 aromatic heterocycles. The van der Waals surface area contributed by atoms with Crippen molar-refractivity contribution in [2.24, 2.45) is 0 Å². The summed E-state index contributed by atoms with van der Waals surface area (Å²) in [6.45, 7) is 3.65. The van der Waals surface area contributed by atoms with Crippen LogP contribution >= 0.6 is 0 Å². The minimum Gasteiger partial charge on any atom is -0.380 e. The zero-order valence-corrected chi connectivity index (χ0v) is 12.8. The van der Waals surface area contributed by atoms with Crippen LogP contribution in [0.25, 0.3) is 0 Å². The molecule has 3 aliphatic rings. The molecule has 5 heteroatoms. The highest BCUT2D eigenvalue weighted by Crippen LogP contribution is 2.36. The van der Waals surface area contributed by atoms with Crippen LogP contribution in [0.3, 0.4) is 0 Å². The Hall–Kier alpha value is -1.59. The van der Waals surface area contributed by atoms with Crippen LogP contribution in [0.2, 0.25) is 0 Å². The third-order valence-corrected chi connectivity index (χ3v) is 5.29. The first-order valence-electron chi connectivity index (χ1n) is 8.27. The maximum absolute atomic E-state index is 12.6. The van der Waals surface area contributed by atoms with E-state index in [4.69, 9.17) is 4.74 Å². The zero-order chi connectivity index (χ0) is 15.0. The van der Waals surface area contributed by atoms with Gasteiger partial charge in [-0.05, 0) is 37.8 Å². The molecule has 2 fully saturated rings. The smallest absolute Gasteiger partial charge is 0.250 e. The lowest BCUT2D eigenvalue weighted by atomic mass is 9.83. The number of ether oxygens (including phenoxy) is 1. The van der Waals surface area contributed by atoms with Crippen LogP contribution in [0.15, 0.2) is 24.3 Å². The van der Waals surface area contributed by atoms with Gasteiger partial charge in [0.1, 0.15) is 5.54 Å². The fraction of sp³-hybridized carbons (Fsp3) is 0.588. The number of benzene rings is 1. The van der Waals surface area contributed by atoms with Crippen molar-refractivity contribution in [2.45, 2.75) is 37.3 Å². The lowest BCUT2D eigenvalue weighted by Crippen LogP contribution is -2.60. The van der Waals surface area contributed by atoms with E-state index in [-0.39, 0.29) is 5.91 Å². The Labute approximate surface area is 131 Å². The van der Waals surface area contributed by atoms with E-state index in [1.807, 2.05) is 24.3 Å². The van der Waals surface area contributed by atoms with E-state index < -0.39 is 5.54 Å². The summed E-state index contributed by atoms with van der Waals surface area (Å²) >= 11 is 0. The number of rotatable bonds is 1. The molecule has 2 N–H and O–H groups in total. The maximum Gasteiger partial charge on any atom is 0.250 e. The second-order valence-electron chi connectivity index (χ2n) is 6.61. The predicted octanol–water partition coefficient (Wildman–Crippen LogP) is 2.06. The van der Waals surface area contributed by atoms with Crippen molar-refractivity contribution in [3.05, 3.63) is 24.3 Å². The number of anilines is 2. The molecule has 0 aliphatic carbocycles. The number of hydrogen-bond acceptors (Lipinski definition) is 4. The van der Waals surface area contributed by atoms with Crippen LogP contribution in [-0.4, -0.2) is 48.7 Å². The van der Waals surface area contributed by atoms with E-state index in [2.05, 4.69) is 15.5 Å². The molecule has 1 aromatic carbocycles. The van der Waals surface area contributed by atoms with Crippen LogP contribution < -0.4 is 10.6 Å². The molecular formula is C17H23N3O2. The van der Waals surface area contributed by atoms with Gasteiger partial charge in [0.15, 0.2) is 0 Å². The molecule has 5 nitrogen and oxygen atoms in total. The summed E-state index contributed by atoms with van der Waals surface area (Å²) in [6.07, 6.45) is 4.07. The largest absolute Gasteiger partial charge is 0.380 e. The van der Waals surface area contributed by atoms with Crippen molar-refractivity contribution in [3.63, 3.8) is 0 Å². The number of nitrogens with one attached hydrogen (secondary N) is 2. The van der Waals surface area contributed by atoms with Gasteiger partial charge in [0.25, 0.3) is 0 Å². The van der Waals surface area contributed by atoms with Gasteiger partial charge in [0, 0.05) is 25.7 Å². The molecule has 0 radical (unpaired) electrons. The molecule has 1 unspecified atom stereocenters. The Balaban J connectivity index is 1.47. The highest BCUT2D eigenvalue weighted by molar-refractivity contribution is 6.06. The highest BCUT2D eigenvalue weighted by Gasteiger charge is 2.45. The number of likely N-dealkylation sites (tertiary alicyclic amines) is 1. The quantitative estimate of drug-likeness (QED) is 0.834. The second-order valence-corrected chi connectivity index (χ2v) is 6.61. The molecule has 22 heavy (non-hydrogen) atoms. The third-order valence-electron chi connectivity index (χ3n) is 5.29. The fourth-order valence-electron chi connectivity index (χ4n) is 3.89. The topological polar surface area (TPSA) is 53.6 Å². The van der Waals surface area contributed by atoms with Crippen molar-refractivity contribution in [1.82, 2.24) is 4.90 Å². The lowest BCUT2D eigenvalue weighted by Gasteiger charge is -2.46. The molecule has 1 amide bonds. The average molecular weight is 301 g/mol. The molecule has 1 aromatic rings. The predicted molar refractivity (Wildman–Crippen MR) is 86.1 cm³/mol. The number of carbonyl (C=O) groups excluding carboxylic acids is 1. The number of piperidine rings is 1. The summed E-state index contributed by atoms with van der Waals surface area (Å²) < 4.78 is 5.60. The molecule has 4 rings (SSSR count). The van der Waals surface area contributed by atoms with E-state index in [0.29, 0.717) is 6.04 Å². The van der Waals surface area contributed by atoms with E-state index in [0.717, 1.165) is 56.9 Å². The van der Waals surface area contributed by atoms with E-state index in [1.165, 1.54) is 6.42 Å². The second kappa shape index (κ2) is 5.56. The summed E-state index contributed by atoms with van der Waals surface area (Å²) in [4.78, 5) is 15.1. The Kier molecular flexibility index (Phi) is 3.54. The highest BCUT2D eigenvalue weighted by atomic mass is 16.5. The third kappa shape index (κ3) is 2.38. The van der Waals surface area contributed by atoms with Crippen LogP contribution in [-0.2, 0) is 9.53 Å². The van der Waals surface area contributed by atoms with Crippen molar-refractivity contribution in [3.8, 4) is 0 Å². The monoisotopic (exact) mass is 301 g/mol. The van der Waals surface area contributed by atoms with Crippen molar-refractivity contribution >= 4 is 17.3 Å². The first-order valence-corrected chi connectivity index (χ1v) is 8.27. The van der Waals surface area contributed by atoms with E-state index >= 15 is 0 Å². The van der Waals surface area contributed by atoms with E-state index in [1.54, 1.807) is 0 Å². The molecule has 2 saturated heterocycles. The van der Waals surface area contributed by atoms with Crippen LogP contribution in [0, 0.1) is 0 Å². The van der Waals surface area contributed by atoms with Gasteiger partial charge < -0.3 is 15.4 Å². The number of amides is 1.